The van der Waals surface area contributed by atoms with Gasteiger partial charge in [-0.2, -0.15) is 13.2 Å². The lowest BCUT2D eigenvalue weighted by Gasteiger charge is -2.23. The number of aromatic nitrogens is 8. The normalized spacial score (nSPS) is 11.8. The van der Waals surface area contributed by atoms with Crippen LogP contribution in [-0.2, 0) is 6.18 Å². The molecule has 0 aliphatic carbocycles. The number of benzene rings is 6. The molecular formula is C49H31F3N10. The Morgan fingerprint density at radius 1 is 0.500 bits per heavy atom. The molecule has 0 saturated carbocycles. The molecule has 0 amide bonds. The first kappa shape index (κ1) is 37.9. The first-order valence-corrected chi connectivity index (χ1v) is 19.5. The largest absolute Gasteiger partial charge is 0.415 e. The molecule has 0 bridgehead atoms. The van der Waals surface area contributed by atoms with Crippen molar-refractivity contribution in [3.05, 3.63) is 167 Å². The van der Waals surface area contributed by atoms with Crippen LogP contribution >= 0.6 is 0 Å². The van der Waals surface area contributed by atoms with Crippen molar-refractivity contribution in [2.75, 3.05) is 0 Å². The van der Waals surface area contributed by atoms with E-state index >= 15 is 13.2 Å². The predicted molar refractivity (Wildman–Crippen MR) is 235 cm³/mol. The molecule has 0 fully saturated rings. The Labute approximate surface area is 352 Å². The summed E-state index contributed by atoms with van der Waals surface area (Å²) in [6.07, 6.45) is -4.83. The molecular weight excluding hydrogens is 786 g/mol. The fraction of sp³-hybridized carbons (Fsp3) is 0.102. The zero-order valence-electron chi connectivity index (χ0n) is 33.6. The van der Waals surface area contributed by atoms with Gasteiger partial charge in [-0.05, 0) is 63.6 Å². The molecule has 10 rings (SSSR count). The van der Waals surface area contributed by atoms with Crippen molar-refractivity contribution in [3.63, 3.8) is 0 Å². The van der Waals surface area contributed by atoms with E-state index in [0.717, 1.165) is 44.2 Å². The quantitative estimate of drug-likeness (QED) is 0.161. The van der Waals surface area contributed by atoms with Crippen molar-refractivity contribution in [2.45, 2.75) is 33.9 Å². The standard InChI is InChI=1S/C49H31F3N10/c1-26-55-27(2)58-47(57-26)30-18-20-34-32-12-7-9-16-39(32)61(42(34)24-30)41-23-22-36(44-37(49(50,51)52)14-11-15-38(44)53-5)46(45(41)54-6)62-40-17-10-8-13-33(40)35-21-19-31(25-43(35)62)48-59-28(3)56-29(4)60-48/h7-25H,1-4H3. The van der Waals surface area contributed by atoms with Gasteiger partial charge in [-0.3, -0.25) is 0 Å². The molecule has 0 aliphatic heterocycles. The Hall–Kier alpha value is -8.29. The third kappa shape index (κ3) is 6.01. The molecule has 0 radical (unpaired) electrons. The number of aryl methyl sites for hydroxylation is 4. The molecule has 4 heterocycles. The van der Waals surface area contributed by atoms with Gasteiger partial charge in [-0.15, -0.1) is 0 Å². The number of alkyl halides is 3. The SMILES string of the molecule is [C-]#[N+]c1cccc(C(F)(F)F)c1-c1ccc(-n2c3ccccc3c3ccc(-c4nc(C)nc(C)n4)cc32)c([N+]#[C-])c1-n1c2ccccc2c2ccc(-c3nc(C)nc(C)n3)cc21. The predicted octanol–water partition coefficient (Wildman–Crippen LogP) is 12.6. The highest BCUT2D eigenvalue weighted by Crippen LogP contribution is 2.50. The molecule has 13 heteroatoms. The van der Waals surface area contributed by atoms with Crippen molar-refractivity contribution < 1.29 is 13.2 Å². The topological polar surface area (TPSA) is 95.9 Å². The van der Waals surface area contributed by atoms with E-state index in [-0.39, 0.29) is 28.2 Å². The molecule has 6 aromatic carbocycles. The molecule has 0 aliphatic rings. The highest BCUT2D eigenvalue weighted by Gasteiger charge is 2.36. The summed E-state index contributed by atoms with van der Waals surface area (Å²) in [4.78, 5) is 35.0. The Kier molecular flexibility index (Phi) is 8.68. The van der Waals surface area contributed by atoms with Crippen molar-refractivity contribution in [3.8, 4) is 45.3 Å². The van der Waals surface area contributed by atoms with E-state index in [4.69, 9.17) is 13.1 Å². The molecule has 0 N–H and O–H groups in total. The Morgan fingerprint density at radius 3 is 1.52 bits per heavy atom. The van der Waals surface area contributed by atoms with Crippen LogP contribution in [0.3, 0.4) is 0 Å². The summed E-state index contributed by atoms with van der Waals surface area (Å²) in [5.41, 5.74) is 3.32. The maximum absolute atomic E-state index is 15.2. The second-order valence-electron chi connectivity index (χ2n) is 14.9. The smallest absolute Gasteiger partial charge is 0.319 e. The Balaban J connectivity index is 1.38. The maximum Gasteiger partial charge on any atom is 0.415 e. The third-order valence-corrected chi connectivity index (χ3v) is 11.0. The molecule has 298 valence electrons. The van der Waals surface area contributed by atoms with Crippen LogP contribution in [0.1, 0.15) is 28.9 Å². The summed E-state index contributed by atoms with van der Waals surface area (Å²) in [6, 6.07) is 33.9. The van der Waals surface area contributed by atoms with Crippen LogP contribution in [0.2, 0.25) is 0 Å². The van der Waals surface area contributed by atoms with Gasteiger partial charge in [0.2, 0.25) is 5.69 Å². The van der Waals surface area contributed by atoms with Gasteiger partial charge in [0.1, 0.15) is 23.3 Å². The lowest BCUT2D eigenvalue weighted by molar-refractivity contribution is -0.137. The van der Waals surface area contributed by atoms with Gasteiger partial charge in [-0.25, -0.2) is 39.6 Å². The van der Waals surface area contributed by atoms with E-state index in [9.17, 15) is 0 Å². The zero-order valence-corrected chi connectivity index (χ0v) is 33.6. The molecule has 10 aromatic rings. The third-order valence-electron chi connectivity index (χ3n) is 11.0. The zero-order chi connectivity index (χ0) is 43.0. The van der Waals surface area contributed by atoms with Gasteiger partial charge in [0.25, 0.3) is 0 Å². The number of rotatable bonds is 5. The van der Waals surface area contributed by atoms with Gasteiger partial charge < -0.3 is 9.13 Å². The van der Waals surface area contributed by atoms with Crippen LogP contribution in [-0.4, -0.2) is 39.0 Å². The summed E-state index contributed by atoms with van der Waals surface area (Å²) in [7, 11) is 0. The first-order valence-electron chi connectivity index (χ1n) is 19.5. The molecule has 10 nitrogen and oxygen atoms in total. The van der Waals surface area contributed by atoms with Crippen LogP contribution < -0.4 is 0 Å². The number of hydrogen-bond donors (Lipinski definition) is 0. The molecule has 0 spiro atoms. The van der Waals surface area contributed by atoms with Crippen molar-refractivity contribution in [2.24, 2.45) is 0 Å². The summed E-state index contributed by atoms with van der Waals surface area (Å²) >= 11 is 0. The minimum atomic E-state index is -4.83. The number of para-hydroxylation sites is 2. The second kappa shape index (κ2) is 14.2. The van der Waals surface area contributed by atoms with Gasteiger partial charge in [0.15, 0.2) is 17.3 Å². The van der Waals surface area contributed by atoms with Crippen LogP contribution in [0.25, 0.3) is 98.6 Å². The molecule has 0 atom stereocenters. The summed E-state index contributed by atoms with van der Waals surface area (Å²) in [5, 5.41) is 3.39. The average molecular weight is 817 g/mol. The van der Waals surface area contributed by atoms with Crippen molar-refractivity contribution >= 4 is 55.0 Å². The van der Waals surface area contributed by atoms with Crippen LogP contribution in [0.5, 0.6) is 0 Å². The molecule has 0 saturated heterocycles. The lowest BCUT2D eigenvalue weighted by Crippen LogP contribution is -2.09. The van der Waals surface area contributed by atoms with Crippen molar-refractivity contribution in [1.29, 1.82) is 0 Å². The number of hydrogen-bond acceptors (Lipinski definition) is 6. The van der Waals surface area contributed by atoms with E-state index in [2.05, 4.69) is 39.6 Å². The number of fused-ring (bicyclic) bond motifs is 6. The van der Waals surface area contributed by atoms with E-state index in [1.165, 1.54) is 12.1 Å². The van der Waals surface area contributed by atoms with Gasteiger partial charge in [0, 0.05) is 38.2 Å². The molecule has 62 heavy (non-hydrogen) atoms. The van der Waals surface area contributed by atoms with Crippen LogP contribution in [0.4, 0.5) is 24.5 Å². The highest BCUT2D eigenvalue weighted by molar-refractivity contribution is 6.13. The summed E-state index contributed by atoms with van der Waals surface area (Å²) in [5.74, 6) is 3.10. The van der Waals surface area contributed by atoms with Gasteiger partial charge in [0.05, 0.1) is 52.1 Å². The van der Waals surface area contributed by atoms with Crippen LogP contribution in [0.15, 0.2) is 115 Å². The Morgan fingerprint density at radius 2 is 1.00 bits per heavy atom. The molecule has 0 unspecified atom stereocenters. The summed E-state index contributed by atoms with van der Waals surface area (Å²) < 4.78 is 49.4. The summed E-state index contributed by atoms with van der Waals surface area (Å²) in [6.45, 7) is 24.3. The number of halogens is 3. The first-order chi connectivity index (χ1) is 29.9. The van der Waals surface area contributed by atoms with E-state index in [0.29, 0.717) is 57.2 Å². The monoisotopic (exact) mass is 816 g/mol. The fourth-order valence-corrected chi connectivity index (χ4v) is 8.65. The highest BCUT2D eigenvalue weighted by atomic mass is 19.4. The molecule has 4 aromatic heterocycles. The van der Waals surface area contributed by atoms with E-state index in [1.807, 2.05) is 94.1 Å². The van der Waals surface area contributed by atoms with E-state index in [1.54, 1.807) is 39.8 Å². The maximum atomic E-state index is 15.2. The Bertz CT molecular complexity index is 3570. The fourth-order valence-electron chi connectivity index (χ4n) is 8.65. The van der Waals surface area contributed by atoms with E-state index < -0.39 is 11.7 Å². The second-order valence-corrected chi connectivity index (χ2v) is 14.9. The lowest BCUT2D eigenvalue weighted by atomic mass is 9.94. The van der Waals surface area contributed by atoms with Gasteiger partial charge >= 0.3 is 6.18 Å². The van der Waals surface area contributed by atoms with Gasteiger partial charge in [-0.1, -0.05) is 84.9 Å². The minimum Gasteiger partial charge on any atom is -0.319 e. The van der Waals surface area contributed by atoms with Crippen LogP contribution in [0, 0.1) is 40.8 Å². The van der Waals surface area contributed by atoms with Crippen molar-refractivity contribution in [1.82, 2.24) is 39.0 Å². The average Bonchev–Trinajstić information content (AvgIpc) is 3.76. The minimum absolute atomic E-state index is 0.0650. The number of nitrogens with zero attached hydrogens (tertiary/aromatic N) is 10.